The normalized spacial score (nSPS) is 15.4. The molecule has 2 aromatic heterocycles. The topological polar surface area (TPSA) is 75.7 Å². The lowest BCUT2D eigenvalue weighted by molar-refractivity contribution is 0.416. The Labute approximate surface area is 154 Å². The summed E-state index contributed by atoms with van der Waals surface area (Å²) in [5.74, 6) is 1.76. The van der Waals surface area contributed by atoms with Gasteiger partial charge in [-0.05, 0) is 31.0 Å². The summed E-state index contributed by atoms with van der Waals surface area (Å²) in [6, 6.07) is 5.82. The highest BCUT2D eigenvalue weighted by Crippen LogP contribution is 2.35. The fraction of sp³-hybridized carbons (Fsp3) is 0.389. The Kier molecular flexibility index (Phi) is 4.57. The van der Waals surface area contributed by atoms with E-state index in [4.69, 9.17) is 9.72 Å². The number of halogens is 1. The number of nitrogens with zero attached hydrogens (tertiary/aromatic N) is 3. The molecule has 0 atom stereocenters. The molecule has 0 spiro atoms. The van der Waals surface area contributed by atoms with Gasteiger partial charge in [0, 0.05) is 10.4 Å². The third-order valence-electron chi connectivity index (χ3n) is 4.72. The molecule has 1 aromatic carbocycles. The summed E-state index contributed by atoms with van der Waals surface area (Å²) in [6.45, 7) is 0. The molecule has 0 unspecified atom stereocenters. The first-order chi connectivity index (χ1) is 12.2. The summed E-state index contributed by atoms with van der Waals surface area (Å²) in [4.78, 5) is 16.9. The van der Waals surface area contributed by atoms with Crippen molar-refractivity contribution >= 4 is 38.7 Å². The summed E-state index contributed by atoms with van der Waals surface area (Å²) < 4.78 is 6.41. The molecule has 1 aliphatic rings. The minimum absolute atomic E-state index is 0.465. The first-order valence-corrected chi connectivity index (χ1v) is 9.35. The van der Waals surface area contributed by atoms with Crippen LogP contribution in [0.25, 0.3) is 11.2 Å². The number of aromatic nitrogens is 4. The molecule has 25 heavy (non-hydrogen) atoms. The van der Waals surface area contributed by atoms with Gasteiger partial charge >= 0.3 is 0 Å². The SMILES string of the molecule is COc1cc(Br)ccc1Nc1nc(C2CCCCC2)c2[nH]cnc2n1. The maximum atomic E-state index is 5.45. The van der Waals surface area contributed by atoms with Crippen molar-refractivity contribution in [1.82, 2.24) is 19.9 Å². The largest absolute Gasteiger partial charge is 0.495 e. The summed E-state index contributed by atoms with van der Waals surface area (Å²) >= 11 is 3.46. The van der Waals surface area contributed by atoms with E-state index in [9.17, 15) is 0 Å². The zero-order valence-electron chi connectivity index (χ0n) is 14.1. The van der Waals surface area contributed by atoms with Gasteiger partial charge in [0.05, 0.1) is 24.8 Å². The Morgan fingerprint density at radius 1 is 1.20 bits per heavy atom. The highest BCUT2D eigenvalue weighted by atomic mass is 79.9. The Morgan fingerprint density at radius 3 is 2.84 bits per heavy atom. The first-order valence-electron chi connectivity index (χ1n) is 8.56. The lowest BCUT2D eigenvalue weighted by Crippen LogP contribution is -2.10. The molecule has 1 saturated carbocycles. The molecule has 0 saturated heterocycles. The second-order valence-electron chi connectivity index (χ2n) is 6.34. The Hall–Kier alpha value is -2.15. The van der Waals surface area contributed by atoms with Crippen LogP contribution >= 0.6 is 15.9 Å². The van der Waals surface area contributed by atoms with Crippen LogP contribution in [-0.4, -0.2) is 27.0 Å². The third-order valence-corrected chi connectivity index (χ3v) is 5.21. The van der Waals surface area contributed by atoms with E-state index in [1.165, 1.54) is 32.1 Å². The van der Waals surface area contributed by atoms with Crippen molar-refractivity contribution < 1.29 is 4.74 Å². The second-order valence-corrected chi connectivity index (χ2v) is 7.25. The smallest absolute Gasteiger partial charge is 0.229 e. The molecule has 1 aliphatic carbocycles. The van der Waals surface area contributed by atoms with Crippen LogP contribution in [0.15, 0.2) is 29.0 Å². The van der Waals surface area contributed by atoms with Gasteiger partial charge in [-0.1, -0.05) is 35.2 Å². The van der Waals surface area contributed by atoms with Crippen molar-refractivity contribution in [2.45, 2.75) is 38.0 Å². The number of hydrogen-bond acceptors (Lipinski definition) is 5. The summed E-state index contributed by atoms with van der Waals surface area (Å²) in [5.41, 5.74) is 3.56. The highest BCUT2D eigenvalue weighted by Gasteiger charge is 2.22. The van der Waals surface area contributed by atoms with Crippen LogP contribution in [0.5, 0.6) is 5.75 Å². The van der Waals surface area contributed by atoms with E-state index in [1.807, 2.05) is 18.2 Å². The molecular weight excluding hydrogens is 382 g/mol. The Bertz CT molecular complexity index is 888. The van der Waals surface area contributed by atoms with Crippen molar-refractivity contribution in [2.24, 2.45) is 0 Å². The van der Waals surface area contributed by atoms with E-state index in [0.717, 1.165) is 27.1 Å². The van der Waals surface area contributed by atoms with Crippen LogP contribution < -0.4 is 10.1 Å². The molecule has 0 bridgehead atoms. The quantitative estimate of drug-likeness (QED) is 0.648. The fourth-order valence-electron chi connectivity index (χ4n) is 3.47. The lowest BCUT2D eigenvalue weighted by Gasteiger charge is -2.21. The van der Waals surface area contributed by atoms with Crippen LogP contribution in [0, 0.1) is 0 Å². The molecule has 0 aliphatic heterocycles. The minimum atomic E-state index is 0.465. The van der Waals surface area contributed by atoms with E-state index in [-0.39, 0.29) is 0 Å². The Morgan fingerprint density at radius 2 is 2.04 bits per heavy atom. The molecule has 0 radical (unpaired) electrons. The minimum Gasteiger partial charge on any atom is -0.495 e. The lowest BCUT2D eigenvalue weighted by atomic mass is 9.86. The van der Waals surface area contributed by atoms with Crippen molar-refractivity contribution in [2.75, 3.05) is 12.4 Å². The van der Waals surface area contributed by atoms with Gasteiger partial charge < -0.3 is 15.0 Å². The van der Waals surface area contributed by atoms with E-state index in [1.54, 1.807) is 13.4 Å². The average Bonchev–Trinajstić information content (AvgIpc) is 3.11. The molecule has 6 nitrogen and oxygen atoms in total. The van der Waals surface area contributed by atoms with E-state index in [2.05, 4.69) is 36.2 Å². The van der Waals surface area contributed by atoms with Gasteiger partial charge in [-0.3, -0.25) is 0 Å². The van der Waals surface area contributed by atoms with Gasteiger partial charge in [-0.15, -0.1) is 0 Å². The van der Waals surface area contributed by atoms with Gasteiger partial charge in [0.1, 0.15) is 11.3 Å². The molecule has 2 N–H and O–H groups in total. The van der Waals surface area contributed by atoms with Gasteiger partial charge in [0.2, 0.25) is 5.95 Å². The van der Waals surface area contributed by atoms with Gasteiger partial charge in [0.15, 0.2) is 5.65 Å². The standard InChI is InChI=1S/C18H20BrN5O/c1-25-14-9-12(19)7-8-13(14)22-18-23-15(11-5-3-2-4-6-11)16-17(24-18)21-10-20-16/h7-11H,2-6H2,1H3,(H2,20,21,22,23,24). The van der Waals surface area contributed by atoms with Crippen molar-refractivity contribution in [1.29, 1.82) is 0 Å². The predicted octanol–water partition coefficient (Wildman–Crippen LogP) is 4.92. The van der Waals surface area contributed by atoms with E-state index >= 15 is 0 Å². The van der Waals surface area contributed by atoms with Gasteiger partial charge in [-0.25, -0.2) is 9.97 Å². The molecule has 0 amide bonds. The third kappa shape index (κ3) is 3.33. The summed E-state index contributed by atoms with van der Waals surface area (Å²) in [6.07, 6.45) is 7.87. The maximum Gasteiger partial charge on any atom is 0.229 e. The van der Waals surface area contributed by atoms with E-state index in [0.29, 0.717) is 17.5 Å². The maximum absolute atomic E-state index is 5.45. The number of ether oxygens (including phenoxy) is 1. The number of imidazole rings is 1. The number of fused-ring (bicyclic) bond motifs is 1. The van der Waals surface area contributed by atoms with Crippen molar-refractivity contribution in [3.8, 4) is 5.75 Å². The van der Waals surface area contributed by atoms with E-state index < -0.39 is 0 Å². The second kappa shape index (κ2) is 7.00. The van der Waals surface area contributed by atoms with Crippen molar-refractivity contribution in [3.05, 3.63) is 34.7 Å². The first kappa shape index (κ1) is 16.3. The zero-order chi connectivity index (χ0) is 17.2. The van der Waals surface area contributed by atoms with Gasteiger partial charge in [0.25, 0.3) is 0 Å². The van der Waals surface area contributed by atoms with Crippen LogP contribution in [-0.2, 0) is 0 Å². The van der Waals surface area contributed by atoms with Crippen LogP contribution in [0.4, 0.5) is 11.6 Å². The summed E-state index contributed by atoms with van der Waals surface area (Å²) in [5, 5.41) is 3.29. The number of H-pyrrole nitrogens is 1. The zero-order valence-corrected chi connectivity index (χ0v) is 15.6. The molecule has 1 fully saturated rings. The average molecular weight is 402 g/mol. The fourth-order valence-corrected chi connectivity index (χ4v) is 3.81. The van der Waals surface area contributed by atoms with Crippen molar-refractivity contribution in [3.63, 3.8) is 0 Å². The molecule has 130 valence electrons. The van der Waals surface area contributed by atoms with Crippen LogP contribution in [0.3, 0.4) is 0 Å². The number of benzene rings is 1. The van der Waals surface area contributed by atoms with Gasteiger partial charge in [-0.2, -0.15) is 4.98 Å². The van der Waals surface area contributed by atoms with Crippen LogP contribution in [0.1, 0.15) is 43.7 Å². The monoisotopic (exact) mass is 401 g/mol. The number of anilines is 2. The molecule has 2 heterocycles. The molecule has 7 heteroatoms. The predicted molar refractivity (Wildman–Crippen MR) is 101 cm³/mol. The number of nitrogens with one attached hydrogen (secondary N) is 2. The number of aromatic amines is 1. The number of hydrogen-bond donors (Lipinski definition) is 2. The number of methoxy groups -OCH3 is 1. The highest BCUT2D eigenvalue weighted by molar-refractivity contribution is 9.10. The summed E-state index contributed by atoms with van der Waals surface area (Å²) in [7, 11) is 1.65. The molecule has 3 aromatic rings. The molecule has 4 rings (SSSR count). The Balaban J connectivity index is 1.72. The molecular formula is C18H20BrN5O. The number of rotatable bonds is 4. The van der Waals surface area contributed by atoms with Crippen LogP contribution in [0.2, 0.25) is 0 Å².